The average molecular weight is 113 g/mol. The van der Waals surface area contributed by atoms with Crippen LogP contribution in [0.25, 0.3) is 0 Å². The highest BCUT2D eigenvalue weighted by Gasteiger charge is 2.13. The minimum atomic E-state index is 0.625. The van der Waals surface area contributed by atoms with E-state index in [4.69, 9.17) is 0 Å². The molecule has 0 aliphatic carbocycles. The van der Waals surface area contributed by atoms with Gasteiger partial charge in [-0.25, -0.2) is 5.32 Å². The van der Waals surface area contributed by atoms with E-state index in [0.717, 1.165) is 13.1 Å². The normalized spacial score (nSPS) is 28.9. The van der Waals surface area contributed by atoms with Crippen LogP contribution in [0.3, 0.4) is 0 Å². The molecule has 1 atom stereocenters. The van der Waals surface area contributed by atoms with Gasteiger partial charge < -0.3 is 5.32 Å². The van der Waals surface area contributed by atoms with Gasteiger partial charge in [-0.3, -0.25) is 0 Å². The predicted octanol–water partition coefficient (Wildman–Crippen LogP) is -0.0274. The molecule has 1 unspecified atom stereocenters. The van der Waals surface area contributed by atoms with Gasteiger partial charge in [0.15, 0.2) is 0 Å². The molecule has 1 radical (unpaired) electrons. The van der Waals surface area contributed by atoms with Gasteiger partial charge >= 0.3 is 0 Å². The third-order valence-electron chi connectivity index (χ3n) is 1.52. The van der Waals surface area contributed by atoms with E-state index in [1.165, 1.54) is 12.8 Å². The summed E-state index contributed by atoms with van der Waals surface area (Å²) in [7, 11) is 1.98. The second kappa shape index (κ2) is 3.05. The molecule has 0 aromatic carbocycles. The Balaban J connectivity index is 2.06. The lowest BCUT2D eigenvalue weighted by Gasteiger charge is -2.04. The van der Waals surface area contributed by atoms with Gasteiger partial charge in [-0.1, -0.05) is 0 Å². The Morgan fingerprint density at radius 1 is 1.75 bits per heavy atom. The number of hydrogen-bond acceptors (Lipinski definition) is 1. The van der Waals surface area contributed by atoms with Crippen molar-refractivity contribution in [3.63, 3.8) is 0 Å². The van der Waals surface area contributed by atoms with Crippen LogP contribution < -0.4 is 10.6 Å². The van der Waals surface area contributed by atoms with Crippen molar-refractivity contribution < 1.29 is 0 Å². The molecule has 0 bridgehead atoms. The molecule has 1 N–H and O–H groups in total. The van der Waals surface area contributed by atoms with Crippen LogP contribution in [-0.2, 0) is 0 Å². The summed E-state index contributed by atoms with van der Waals surface area (Å²) in [6, 6.07) is 0.625. The van der Waals surface area contributed by atoms with Crippen LogP contribution in [0.5, 0.6) is 0 Å². The van der Waals surface area contributed by atoms with E-state index in [1.54, 1.807) is 0 Å². The van der Waals surface area contributed by atoms with E-state index in [9.17, 15) is 0 Å². The molecular weight excluding hydrogens is 100 g/mol. The van der Waals surface area contributed by atoms with E-state index < -0.39 is 0 Å². The molecular formula is C6H13N2. The van der Waals surface area contributed by atoms with Crippen LogP contribution in [0.4, 0.5) is 0 Å². The van der Waals surface area contributed by atoms with E-state index in [-0.39, 0.29) is 0 Å². The highest BCUT2D eigenvalue weighted by Crippen LogP contribution is 2.04. The van der Waals surface area contributed by atoms with Gasteiger partial charge in [0.1, 0.15) is 0 Å². The van der Waals surface area contributed by atoms with Crippen LogP contribution in [-0.4, -0.2) is 26.2 Å². The lowest BCUT2D eigenvalue weighted by atomic mass is 10.2. The Labute approximate surface area is 50.7 Å². The fourth-order valence-electron chi connectivity index (χ4n) is 1.09. The molecule has 1 rings (SSSR count). The molecule has 2 heteroatoms. The third kappa shape index (κ3) is 1.46. The van der Waals surface area contributed by atoms with Crippen molar-refractivity contribution in [2.75, 3.05) is 20.1 Å². The Bertz CT molecular complexity index is 57.5. The number of nitrogens with one attached hydrogen (secondary N) is 1. The fraction of sp³-hybridized carbons (Fsp3) is 1.00. The first-order valence-electron chi connectivity index (χ1n) is 3.24. The predicted molar refractivity (Wildman–Crippen MR) is 33.9 cm³/mol. The number of nitrogens with zero attached hydrogens (tertiary/aromatic N) is 1. The minimum Gasteiger partial charge on any atom is -0.318 e. The van der Waals surface area contributed by atoms with Crippen LogP contribution in [0.15, 0.2) is 0 Å². The van der Waals surface area contributed by atoms with Gasteiger partial charge in [0.25, 0.3) is 0 Å². The van der Waals surface area contributed by atoms with Gasteiger partial charge in [0.05, 0.1) is 0 Å². The maximum Gasteiger partial charge on any atom is 0.0371 e. The summed E-state index contributed by atoms with van der Waals surface area (Å²) in [4.78, 5) is 0. The van der Waals surface area contributed by atoms with E-state index in [2.05, 4.69) is 10.6 Å². The van der Waals surface area contributed by atoms with Crippen molar-refractivity contribution >= 4 is 0 Å². The molecule has 0 aromatic rings. The second-order valence-electron chi connectivity index (χ2n) is 2.26. The number of hydrogen-bond donors (Lipinski definition) is 1. The van der Waals surface area contributed by atoms with Gasteiger partial charge in [0.2, 0.25) is 0 Å². The van der Waals surface area contributed by atoms with Crippen molar-refractivity contribution in [2.45, 2.75) is 18.9 Å². The molecule has 1 fully saturated rings. The number of rotatable bonds is 2. The molecule has 0 saturated carbocycles. The largest absolute Gasteiger partial charge is 0.318 e. The van der Waals surface area contributed by atoms with Gasteiger partial charge in [-0.2, -0.15) is 0 Å². The lowest BCUT2D eigenvalue weighted by Crippen LogP contribution is -2.27. The summed E-state index contributed by atoms with van der Waals surface area (Å²) < 4.78 is 0. The van der Waals surface area contributed by atoms with E-state index >= 15 is 0 Å². The third-order valence-corrected chi connectivity index (χ3v) is 1.52. The SMILES string of the molecule is CNCC1CCC[N]1. The zero-order valence-corrected chi connectivity index (χ0v) is 5.35. The molecule has 0 aromatic heterocycles. The molecule has 47 valence electrons. The Morgan fingerprint density at radius 2 is 2.62 bits per heavy atom. The highest BCUT2D eigenvalue weighted by molar-refractivity contribution is 4.74. The molecule has 1 aliphatic rings. The molecule has 1 saturated heterocycles. The Hall–Kier alpha value is -0.0800. The first kappa shape index (κ1) is 6.05. The van der Waals surface area contributed by atoms with Gasteiger partial charge in [-0.15, -0.1) is 0 Å². The highest BCUT2D eigenvalue weighted by atomic mass is 15.0. The summed E-state index contributed by atoms with van der Waals surface area (Å²) in [6.45, 7) is 2.16. The molecule has 1 aliphatic heterocycles. The summed E-state index contributed by atoms with van der Waals surface area (Å²) >= 11 is 0. The first-order chi connectivity index (χ1) is 3.93. The van der Waals surface area contributed by atoms with Crippen LogP contribution in [0, 0.1) is 0 Å². The Kier molecular flexibility index (Phi) is 2.30. The maximum absolute atomic E-state index is 4.36. The molecule has 8 heavy (non-hydrogen) atoms. The molecule has 2 nitrogen and oxygen atoms in total. The van der Waals surface area contributed by atoms with Crippen molar-refractivity contribution in [1.29, 1.82) is 0 Å². The Morgan fingerprint density at radius 3 is 3.12 bits per heavy atom. The first-order valence-corrected chi connectivity index (χ1v) is 3.24. The van der Waals surface area contributed by atoms with Crippen LogP contribution in [0.2, 0.25) is 0 Å². The zero-order chi connectivity index (χ0) is 5.82. The molecule has 1 heterocycles. The number of likely N-dealkylation sites (N-methyl/N-ethyl adjacent to an activating group) is 1. The van der Waals surface area contributed by atoms with Crippen molar-refractivity contribution in [1.82, 2.24) is 10.6 Å². The summed E-state index contributed by atoms with van der Waals surface area (Å²) in [5, 5.41) is 7.48. The monoisotopic (exact) mass is 113 g/mol. The van der Waals surface area contributed by atoms with Crippen LogP contribution >= 0.6 is 0 Å². The fourth-order valence-corrected chi connectivity index (χ4v) is 1.09. The average Bonchev–Trinajstić information content (AvgIpc) is 2.19. The second-order valence-corrected chi connectivity index (χ2v) is 2.26. The quantitative estimate of drug-likeness (QED) is 0.535. The van der Waals surface area contributed by atoms with Crippen molar-refractivity contribution in [3.05, 3.63) is 0 Å². The lowest BCUT2D eigenvalue weighted by molar-refractivity contribution is 0.559. The summed E-state index contributed by atoms with van der Waals surface area (Å²) in [6.07, 6.45) is 2.59. The van der Waals surface area contributed by atoms with Gasteiger partial charge in [-0.05, 0) is 19.9 Å². The minimum absolute atomic E-state index is 0.625. The van der Waals surface area contributed by atoms with E-state index in [0.29, 0.717) is 6.04 Å². The maximum atomic E-state index is 4.36. The van der Waals surface area contributed by atoms with Crippen LogP contribution in [0.1, 0.15) is 12.8 Å². The zero-order valence-electron chi connectivity index (χ0n) is 5.35. The van der Waals surface area contributed by atoms with Crippen molar-refractivity contribution in [3.8, 4) is 0 Å². The smallest absolute Gasteiger partial charge is 0.0371 e. The molecule has 0 amide bonds. The van der Waals surface area contributed by atoms with Crippen molar-refractivity contribution in [2.24, 2.45) is 0 Å². The summed E-state index contributed by atoms with van der Waals surface area (Å²) in [5.41, 5.74) is 0. The standard InChI is InChI=1S/C6H13N2/c1-7-5-6-3-2-4-8-6/h6-7H,2-5H2,1H3. The van der Waals surface area contributed by atoms with E-state index in [1.807, 2.05) is 7.05 Å². The topological polar surface area (TPSA) is 26.1 Å². The van der Waals surface area contributed by atoms with Gasteiger partial charge in [0, 0.05) is 19.1 Å². The summed E-state index contributed by atoms with van der Waals surface area (Å²) in [5.74, 6) is 0. The molecule has 0 spiro atoms.